The molecule has 1 saturated heterocycles. The molecule has 0 bridgehead atoms. The van der Waals surface area contributed by atoms with Crippen LogP contribution in [0, 0.1) is 17.8 Å². The van der Waals surface area contributed by atoms with Gasteiger partial charge < -0.3 is 38.7 Å². The molecule has 0 aromatic heterocycles. The summed E-state index contributed by atoms with van der Waals surface area (Å²) in [6.45, 7) is 11.3. The van der Waals surface area contributed by atoms with E-state index in [9.17, 15) is 19.8 Å². The maximum atomic E-state index is 14.3. The molecule has 2 aliphatic heterocycles. The molecule has 1 amide bonds. The van der Waals surface area contributed by atoms with E-state index in [1.54, 1.807) is 35.3 Å². The van der Waals surface area contributed by atoms with Crippen LogP contribution in [0.4, 0.5) is 4.79 Å². The Hall–Kier alpha value is -4.49. The highest BCUT2D eigenvalue weighted by Gasteiger charge is 2.65. The van der Waals surface area contributed by atoms with Gasteiger partial charge in [0.1, 0.15) is 29.6 Å². The summed E-state index contributed by atoms with van der Waals surface area (Å²) in [6, 6.07) is 12.1. The number of aliphatic hydroxyl groups excluding tert-OH is 2. The molecule has 0 radical (unpaired) electrons. The lowest BCUT2D eigenvalue weighted by atomic mass is 9.55. The van der Waals surface area contributed by atoms with Crippen molar-refractivity contribution in [2.45, 2.75) is 108 Å². The minimum Gasteiger partial charge on any atom is -0.459 e. The third-order valence-electron chi connectivity index (χ3n) is 11.9. The largest absolute Gasteiger partial charge is 0.459 e. The molecule has 7 atom stereocenters. The molecule has 0 spiro atoms. The number of nitrogens with zero attached hydrogens (tertiary/aromatic N) is 2. The van der Waals surface area contributed by atoms with Gasteiger partial charge in [-0.25, -0.2) is 4.79 Å². The first-order chi connectivity index (χ1) is 28.9. The molecule has 2 aromatic rings. The Morgan fingerprint density at radius 1 is 1.03 bits per heavy atom. The van der Waals surface area contributed by atoms with Gasteiger partial charge in [-0.3, -0.25) is 9.69 Å². The van der Waals surface area contributed by atoms with Crippen molar-refractivity contribution >= 4 is 18.1 Å². The van der Waals surface area contributed by atoms with Crippen molar-refractivity contribution in [2.24, 2.45) is 22.9 Å². The molecule has 320 valence electrons. The normalized spacial score (nSPS) is 26.4. The Kier molecular flexibility index (Phi) is 16.2. The number of aldehydes is 1. The van der Waals surface area contributed by atoms with E-state index in [1.807, 2.05) is 31.2 Å². The Bertz CT molecular complexity index is 1790. The number of hydrogen-bond acceptors (Lipinski definition) is 11. The van der Waals surface area contributed by atoms with Gasteiger partial charge in [0, 0.05) is 49.6 Å². The van der Waals surface area contributed by atoms with E-state index in [0.29, 0.717) is 67.4 Å². The van der Waals surface area contributed by atoms with Gasteiger partial charge in [0.25, 0.3) is 0 Å². The standard InChI is InChI=1S/C47H62N2O10/c1-4-7-26-55-46(53)49(22-5-2)42-31-40(48-59-43-19-10-13-27-54-43)38-29-34(16-8-11-23-50)37(18-9-12-24-51)44-39-30-36(57-35-17-14-15-33(28-35)32-52)20-21-41(39)58-47(42,45(38)44)56-25-6-3/h4,6,14-15,17,20-21,28-30,32,34,37,42-45,50-51H,1,3,5,7-13,16,18-19,22-27,31H2,2H3. The number of ether oxygens (including phenoxy) is 5. The maximum absolute atomic E-state index is 14.3. The molecule has 2 aliphatic carbocycles. The fourth-order valence-corrected chi connectivity index (χ4v) is 9.34. The van der Waals surface area contributed by atoms with Crippen LogP contribution in [0.15, 0.2) is 84.6 Å². The third-order valence-corrected chi connectivity index (χ3v) is 11.9. The summed E-state index contributed by atoms with van der Waals surface area (Å²) in [5, 5.41) is 24.7. The summed E-state index contributed by atoms with van der Waals surface area (Å²) in [5.41, 5.74) is 3.06. The number of unbranched alkanes of at least 4 members (excludes halogenated alkanes) is 2. The van der Waals surface area contributed by atoms with Gasteiger partial charge in [-0.2, -0.15) is 0 Å². The Morgan fingerprint density at radius 2 is 1.85 bits per heavy atom. The number of benzene rings is 2. The molecule has 2 heterocycles. The second-order valence-corrected chi connectivity index (χ2v) is 15.9. The third kappa shape index (κ3) is 10.3. The smallest absolute Gasteiger partial charge is 0.410 e. The Labute approximate surface area is 348 Å². The molecule has 2 fully saturated rings. The van der Waals surface area contributed by atoms with E-state index in [0.717, 1.165) is 62.4 Å². The minimum absolute atomic E-state index is 0.0405. The second kappa shape index (κ2) is 21.7. The number of oxime groups is 1. The number of carbonyl (C=O) groups excluding carboxylic acids is 2. The molecule has 4 aliphatic rings. The average Bonchev–Trinajstić information content (AvgIpc) is 3.26. The number of allylic oxidation sites excluding steroid dienone is 1. The predicted molar refractivity (Wildman–Crippen MR) is 225 cm³/mol. The summed E-state index contributed by atoms with van der Waals surface area (Å²) < 4.78 is 32.6. The van der Waals surface area contributed by atoms with Gasteiger partial charge >= 0.3 is 6.09 Å². The van der Waals surface area contributed by atoms with Gasteiger partial charge in [-0.05, 0) is 99.1 Å². The van der Waals surface area contributed by atoms with Crippen molar-refractivity contribution in [1.82, 2.24) is 4.90 Å². The number of rotatable bonds is 22. The fraction of sp³-hybridized carbons (Fsp3) is 0.553. The summed E-state index contributed by atoms with van der Waals surface area (Å²) in [6.07, 6.45) is 14.2. The molecule has 2 aromatic carbocycles. The number of carbonyl (C=O) groups is 2. The van der Waals surface area contributed by atoms with Crippen LogP contribution < -0.4 is 9.47 Å². The van der Waals surface area contributed by atoms with Crippen molar-refractivity contribution in [3.8, 4) is 17.2 Å². The molecule has 59 heavy (non-hydrogen) atoms. The molecule has 7 unspecified atom stereocenters. The quantitative estimate of drug-likeness (QED) is 0.0512. The summed E-state index contributed by atoms with van der Waals surface area (Å²) in [4.78, 5) is 33.8. The number of amides is 1. The van der Waals surface area contributed by atoms with Crippen LogP contribution >= 0.6 is 0 Å². The molecule has 12 heteroatoms. The number of aliphatic hydroxyl groups is 2. The van der Waals surface area contributed by atoms with Gasteiger partial charge in [-0.15, -0.1) is 13.2 Å². The first kappa shape index (κ1) is 44.1. The highest BCUT2D eigenvalue weighted by molar-refractivity contribution is 6.03. The molecular weight excluding hydrogens is 753 g/mol. The lowest BCUT2D eigenvalue weighted by Crippen LogP contribution is -2.70. The lowest BCUT2D eigenvalue weighted by molar-refractivity contribution is -0.255. The zero-order valence-corrected chi connectivity index (χ0v) is 34.5. The maximum Gasteiger partial charge on any atom is 0.410 e. The van der Waals surface area contributed by atoms with Crippen LogP contribution in [0.1, 0.15) is 106 Å². The van der Waals surface area contributed by atoms with Crippen LogP contribution in [0.2, 0.25) is 0 Å². The predicted octanol–water partition coefficient (Wildman–Crippen LogP) is 8.88. The molecular formula is C47H62N2O10. The first-order valence-corrected chi connectivity index (χ1v) is 21.5. The molecule has 1 saturated carbocycles. The van der Waals surface area contributed by atoms with E-state index in [1.165, 1.54) is 0 Å². The van der Waals surface area contributed by atoms with E-state index >= 15 is 0 Å². The van der Waals surface area contributed by atoms with Gasteiger partial charge in [0.15, 0.2) is 0 Å². The molecule has 12 nitrogen and oxygen atoms in total. The van der Waals surface area contributed by atoms with Crippen LogP contribution in [-0.4, -0.2) is 90.9 Å². The SMILES string of the molecule is C=CCCOC(=O)N(CCC)C1CC(=NOC2CCCCO2)C2=CC(CCCCO)C(CCCCO)C3c4cc(Oc5cccc(C=O)c5)ccc4OC1(OCC=C)C23. The summed E-state index contributed by atoms with van der Waals surface area (Å²) >= 11 is 0. The van der Waals surface area contributed by atoms with E-state index < -0.39 is 30.1 Å². The topological polar surface area (TPSA) is 146 Å². The van der Waals surface area contributed by atoms with E-state index in [-0.39, 0.29) is 50.6 Å². The number of fused-ring (bicyclic) bond motifs is 2. The van der Waals surface area contributed by atoms with Crippen LogP contribution in [-0.2, 0) is 19.0 Å². The monoisotopic (exact) mass is 814 g/mol. The summed E-state index contributed by atoms with van der Waals surface area (Å²) in [7, 11) is 0. The van der Waals surface area contributed by atoms with Gasteiger partial charge in [0.05, 0.1) is 31.5 Å². The second-order valence-electron chi connectivity index (χ2n) is 15.9. The van der Waals surface area contributed by atoms with E-state index in [2.05, 4.69) is 19.2 Å². The molecule has 6 rings (SSSR count). The fourth-order valence-electron chi connectivity index (χ4n) is 9.34. The van der Waals surface area contributed by atoms with Crippen molar-refractivity contribution in [1.29, 1.82) is 0 Å². The van der Waals surface area contributed by atoms with Crippen LogP contribution in [0.3, 0.4) is 0 Å². The highest BCUT2D eigenvalue weighted by Crippen LogP contribution is 2.62. The highest BCUT2D eigenvalue weighted by atomic mass is 16.8. The van der Waals surface area contributed by atoms with Crippen molar-refractivity contribution in [3.05, 3.63) is 90.6 Å². The average molecular weight is 815 g/mol. The van der Waals surface area contributed by atoms with Crippen molar-refractivity contribution in [2.75, 3.05) is 39.6 Å². The van der Waals surface area contributed by atoms with E-state index in [4.69, 9.17) is 33.7 Å². The van der Waals surface area contributed by atoms with Crippen LogP contribution in [0.25, 0.3) is 0 Å². The minimum atomic E-state index is -1.41. The van der Waals surface area contributed by atoms with Gasteiger partial charge in [0.2, 0.25) is 12.1 Å². The lowest BCUT2D eigenvalue weighted by Gasteiger charge is -2.60. The first-order valence-electron chi connectivity index (χ1n) is 21.5. The molecule has 2 N–H and O–H groups in total. The van der Waals surface area contributed by atoms with Crippen molar-refractivity contribution in [3.63, 3.8) is 0 Å². The summed E-state index contributed by atoms with van der Waals surface area (Å²) in [5.74, 6) is -0.294. The zero-order chi connectivity index (χ0) is 41.6. The van der Waals surface area contributed by atoms with Gasteiger partial charge in [-0.1, -0.05) is 55.3 Å². The number of hydrogen-bond donors (Lipinski definition) is 2. The van der Waals surface area contributed by atoms with Crippen molar-refractivity contribution < 1.29 is 48.3 Å². The zero-order valence-electron chi connectivity index (χ0n) is 34.5. The Balaban J connectivity index is 1.57. The van der Waals surface area contributed by atoms with Crippen LogP contribution in [0.5, 0.6) is 17.2 Å². The Morgan fingerprint density at radius 3 is 2.58 bits per heavy atom.